The lowest BCUT2D eigenvalue weighted by molar-refractivity contribution is -0.274. The van der Waals surface area contributed by atoms with E-state index < -0.39 is 6.36 Å². The number of ether oxygens (including phenoxy) is 1. The fourth-order valence-electron chi connectivity index (χ4n) is 2.65. The van der Waals surface area contributed by atoms with Crippen molar-refractivity contribution in [2.75, 3.05) is 7.05 Å². The molecule has 2 N–H and O–H groups in total. The molecular weight excluding hydrogens is 510 g/mol. The minimum absolute atomic E-state index is 0. The quantitative estimate of drug-likeness (QED) is 0.284. The third-order valence-corrected chi connectivity index (χ3v) is 4.03. The zero-order chi connectivity index (χ0) is 20.7. The highest BCUT2D eigenvalue weighted by Crippen LogP contribution is 2.26. The van der Waals surface area contributed by atoms with E-state index in [1.807, 2.05) is 36.5 Å². The largest absolute Gasteiger partial charge is 0.573 e. The summed E-state index contributed by atoms with van der Waals surface area (Å²) in [7, 11) is 1.59. The van der Waals surface area contributed by atoms with Gasteiger partial charge in [-0.2, -0.15) is 5.10 Å². The highest BCUT2D eigenvalue weighted by molar-refractivity contribution is 14.0. The lowest BCUT2D eigenvalue weighted by Gasteiger charge is -2.15. The summed E-state index contributed by atoms with van der Waals surface area (Å²) in [5, 5.41) is 10.3. The molecule has 1 aromatic heterocycles. The average Bonchev–Trinajstić information content (AvgIpc) is 3.23. The highest BCUT2D eigenvalue weighted by atomic mass is 127. The van der Waals surface area contributed by atoms with Crippen LogP contribution < -0.4 is 15.4 Å². The van der Waals surface area contributed by atoms with Gasteiger partial charge in [-0.25, -0.2) is 4.68 Å². The maximum absolute atomic E-state index is 12.5. The summed E-state index contributed by atoms with van der Waals surface area (Å²) in [6.07, 6.45) is -1.17. The smallest absolute Gasteiger partial charge is 0.405 e. The number of hydrogen-bond donors (Lipinski definition) is 2. The molecule has 0 atom stereocenters. The van der Waals surface area contributed by atoms with Crippen molar-refractivity contribution in [1.29, 1.82) is 0 Å². The molecule has 0 aliphatic carbocycles. The number of nitrogens with one attached hydrogen (secondary N) is 2. The fourth-order valence-corrected chi connectivity index (χ4v) is 2.65. The van der Waals surface area contributed by atoms with Crippen LogP contribution in [0.1, 0.15) is 11.1 Å². The van der Waals surface area contributed by atoms with Crippen LogP contribution in [0.4, 0.5) is 13.2 Å². The molecule has 0 amide bonds. The van der Waals surface area contributed by atoms with Crippen LogP contribution in [0.3, 0.4) is 0 Å². The zero-order valence-electron chi connectivity index (χ0n) is 16.1. The lowest BCUT2D eigenvalue weighted by atomic mass is 10.2. The maximum atomic E-state index is 12.5. The van der Waals surface area contributed by atoms with Gasteiger partial charge in [0.15, 0.2) is 5.96 Å². The van der Waals surface area contributed by atoms with Gasteiger partial charge in [-0.1, -0.05) is 30.3 Å². The van der Waals surface area contributed by atoms with Crippen molar-refractivity contribution in [3.8, 4) is 11.4 Å². The topological polar surface area (TPSA) is 63.5 Å². The van der Waals surface area contributed by atoms with Crippen molar-refractivity contribution in [3.05, 3.63) is 78.1 Å². The van der Waals surface area contributed by atoms with Gasteiger partial charge in [0.2, 0.25) is 0 Å². The molecule has 160 valence electrons. The van der Waals surface area contributed by atoms with Gasteiger partial charge in [-0.3, -0.25) is 4.99 Å². The highest BCUT2D eigenvalue weighted by Gasteiger charge is 2.31. The third kappa shape index (κ3) is 6.94. The molecule has 3 rings (SSSR count). The van der Waals surface area contributed by atoms with E-state index in [-0.39, 0.29) is 36.3 Å². The number of hydrogen-bond acceptors (Lipinski definition) is 3. The Morgan fingerprint density at radius 2 is 1.73 bits per heavy atom. The third-order valence-electron chi connectivity index (χ3n) is 4.03. The van der Waals surface area contributed by atoms with Gasteiger partial charge in [0.1, 0.15) is 5.75 Å². The minimum Gasteiger partial charge on any atom is -0.405 e. The first kappa shape index (κ1) is 23.5. The Labute approximate surface area is 189 Å². The average molecular weight is 531 g/mol. The zero-order valence-corrected chi connectivity index (χ0v) is 18.4. The van der Waals surface area contributed by atoms with E-state index in [1.54, 1.807) is 30.1 Å². The van der Waals surface area contributed by atoms with E-state index in [0.29, 0.717) is 18.1 Å². The van der Waals surface area contributed by atoms with Crippen LogP contribution in [-0.2, 0) is 13.1 Å². The maximum Gasteiger partial charge on any atom is 0.573 e. The molecule has 0 aliphatic heterocycles. The summed E-state index contributed by atoms with van der Waals surface area (Å²) < 4.78 is 43.4. The predicted octanol–water partition coefficient (Wildman–Crippen LogP) is 4.25. The molecule has 0 spiro atoms. The molecule has 10 heteroatoms. The van der Waals surface area contributed by atoms with Crippen LogP contribution in [0.25, 0.3) is 5.69 Å². The summed E-state index contributed by atoms with van der Waals surface area (Å²) in [5.41, 5.74) is 2.34. The number of aliphatic imine (C=N–C) groups is 1. The molecule has 0 unspecified atom stereocenters. The first-order valence-electron chi connectivity index (χ1n) is 8.82. The Morgan fingerprint density at radius 1 is 1.03 bits per heavy atom. The molecule has 2 aromatic carbocycles. The number of alkyl halides is 3. The van der Waals surface area contributed by atoms with Crippen LogP contribution in [0.15, 0.2) is 72.0 Å². The van der Waals surface area contributed by atoms with Crippen LogP contribution in [0.2, 0.25) is 0 Å². The number of aromatic nitrogens is 2. The van der Waals surface area contributed by atoms with Gasteiger partial charge in [0, 0.05) is 38.1 Å². The number of nitrogens with zero attached hydrogens (tertiary/aromatic N) is 3. The number of guanidine groups is 1. The second-order valence-corrected chi connectivity index (χ2v) is 6.05. The lowest BCUT2D eigenvalue weighted by Crippen LogP contribution is -2.36. The van der Waals surface area contributed by atoms with E-state index in [2.05, 4.69) is 25.5 Å². The number of halogens is 4. The molecule has 1 heterocycles. The summed E-state index contributed by atoms with van der Waals surface area (Å²) in [6, 6.07) is 15.7. The number of rotatable bonds is 6. The van der Waals surface area contributed by atoms with E-state index >= 15 is 0 Å². The Hall–Kier alpha value is -2.76. The molecule has 0 bridgehead atoms. The first-order chi connectivity index (χ1) is 13.9. The van der Waals surface area contributed by atoms with Crippen molar-refractivity contribution in [2.24, 2.45) is 4.99 Å². The first-order valence-corrected chi connectivity index (χ1v) is 8.82. The molecule has 6 nitrogen and oxygen atoms in total. The summed E-state index contributed by atoms with van der Waals surface area (Å²) >= 11 is 0. The SMILES string of the molecule is CN=C(NCc1ccc(-n2cccn2)cc1)NCc1ccccc1OC(F)(F)F.I. The molecule has 0 aliphatic rings. The van der Waals surface area contributed by atoms with E-state index in [0.717, 1.165) is 11.3 Å². The van der Waals surface area contributed by atoms with Crippen molar-refractivity contribution in [2.45, 2.75) is 19.5 Å². The van der Waals surface area contributed by atoms with Crippen molar-refractivity contribution < 1.29 is 17.9 Å². The van der Waals surface area contributed by atoms with Crippen LogP contribution in [-0.4, -0.2) is 29.2 Å². The van der Waals surface area contributed by atoms with Crippen molar-refractivity contribution in [3.63, 3.8) is 0 Å². The van der Waals surface area contributed by atoms with Crippen LogP contribution >= 0.6 is 24.0 Å². The molecule has 0 fully saturated rings. The molecule has 0 saturated carbocycles. The molecular formula is C20H21F3IN5O. The standard InChI is InChI=1S/C20H20F3N5O.HI/c1-24-19(26-14-16-5-2-3-6-18(16)29-20(21,22)23)25-13-15-7-9-17(10-8-15)28-12-4-11-27-28;/h2-12H,13-14H2,1H3,(H2,24,25,26);1H. The minimum atomic E-state index is -4.74. The number of para-hydroxylation sites is 1. The Morgan fingerprint density at radius 3 is 2.37 bits per heavy atom. The summed E-state index contributed by atoms with van der Waals surface area (Å²) in [4.78, 5) is 4.10. The van der Waals surface area contributed by atoms with Gasteiger partial charge in [-0.15, -0.1) is 37.1 Å². The van der Waals surface area contributed by atoms with Gasteiger partial charge < -0.3 is 15.4 Å². The summed E-state index contributed by atoms with van der Waals surface area (Å²) in [5.74, 6) is 0.222. The van der Waals surface area contributed by atoms with Gasteiger partial charge in [0.05, 0.1) is 5.69 Å². The Bertz CT molecular complexity index is 944. The van der Waals surface area contributed by atoms with E-state index in [4.69, 9.17) is 0 Å². The van der Waals surface area contributed by atoms with Gasteiger partial charge >= 0.3 is 6.36 Å². The van der Waals surface area contributed by atoms with Crippen LogP contribution in [0, 0.1) is 0 Å². The molecule has 3 aromatic rings. The second-order valence-electron chi connectivity index (χ2n) is 6.05. The second kappa shape index (κ2) is 10.9. The normalized spacial score (nSPS) is 11.5. The van der Waals surface area contributed by atoms with Crippen molar-refractivity contribution >= 4 is 29.9 Å². The molecule has 30 heavy (non-hydrogen) atoms. The fraction of sp³-hybridized carbons (Fsp3) is 0.200. The number of benzene rings is 2. The molecule has 0 radical (unpaired) electrons. The molecule has 0 saturated heterocycles. The van der Waals surface area contributed by atoms with Crippen LogP contribution in [0.5, 0.6) is 5.75 Å². The van der Waals surface area contributed by atoms with Gasteiger partial charge in [0.25, 0.3) is 0 Å². The van der Waals surface area contributed by atoms with E-state index in [1.165, 1.54) is 12.1 Å². The monoisotopic (exact) mass is 531 g/mol. The Kier molecular flexibility index (Phi) is 8.51. The predicted molar refractivity (Wildman–Crippen MR) is 119 cm³/mol. The van der Waals surface area contributed by atoms with E-state index in [9.17, 15) is 13.2 Å². The van der Waals surface area contributed by atoms with Crippen molar-refractivity contribution in [1.82, 2.24) is 20.4 Å². The summed E-state index contributed by atoms with van der Waals surface area (Å²) in [6.45, 7) is 0.629. The Balaban J connectivity index is 0.00000320. The van der Waals surface area contributed by atoms with Gasteiger partial charge in [-0.05, 0) is 29.8 Å².